The van der Waals surface area contributed by atoms with Crippen LogP contribution in [-0.4, -0.2) is 44.4 Å². The van der Waals surface area contributed by atoms with Crippen molar-refractivity contribution in [1.29, 1.82) is 0 Å². The van der Waals surface area contributed by atoms with Gasteiger partial charge in [-0.2, -0.15) is 0 Å². The van der Waals surface area contributed by atoms with Crippen LogP contribution in [0.4, 0.5) is 0 Å². The molecule has 2 amide bonds. The maximum Gasteiger partial charge on any atom is 0.225 e. The average molecular weight is 377 g/mol. The summed E-state index contributed by atoms with van der Waals surface area (Å²) in [4.78, 5) is 26.5. The number of likely N-dealkylation sites (tertiary alicyclic amines) is 1. The minimum Gasteiger partial charge on any atom is -0.355 e. The molecule has 1 atom stereocenters. The summed E-state index contributed by atoms with van der Waals surface area (Å²) in [5, 5.41) is 11.2. The molecule has 3 aromatic rings. The number of hydrogen-bond acceptors (Lipinski definition) is 4. The zero-order valence-corrected chi connectivity index (χ0v) is 15.8. The Morgan fingerprint density at radius 3 is 2.82 bits per heavy atom. The number of carbonyl (C=O) groups excluding carboxylic acids is 2. The molecule has 4 rings (SSSR count). The molecule has 1 N–H and O–H groups in total. The van der Waals surface area contributed by atoms with Crippen LogP contribution in [0.1, 0.15) is 23.4 Å². The lowest BCUT2D eigenvalue weighted by molar-refractivity contribution is -0.129. The Labute approximate surface area is 163 Å². The number of aryl methyl sites for hydroxylation is 1. The van der Waals surface area contributed by atoms with Crippen LogP contribution in [0.2, 0.25) is 0 Å². The predicted octanol–water partition coefficient (Wildman–Crippen LogP) is 1.75. The van der Waals surface area contributed by atoms with Crippen molar-refractivity contribution >= 4 is 17.5 Å². The lowest BCUT2D eigenvalue weighted by Gasteiger charge is -2.17. The fraction of sp³-hybridized carbons (Fsp3) is 0.333. The lowest BCUT2D eigenvalue weighted by atomic mass is 10.1. The second-order valence-electron chi connectivity index (χ2n) is 7.25. The van der Waals surface area contributed by atoms with Gasteiger partial charge < -0.3 is 10.2 Å². The summed E-state index contributed by atoms with van der Waals surface area (Å²) in [7, 11) is 0. The maximum atomic E-state index is 12.5. The molecule has 1 aliphatic rings. The van der Waals surface area contributed by atoms with Crippen LogP contribution in [0.5, 0.6) is 0 Å². The number of fused-ring (bicyclic) bond motifs is 1. The average Bonchev–Trinajstić information content (AvgIpc) is 3.28. The highest BCUT2D eigenvalue weighted by Gasteiger charge is 2.34. The first-order valence-corrected chi connectivity index (χ1v) is 9.50. The van der Waals surface area contributed by atoms with E-state index in [1.54, 1.807) is 4.90 Å². The van der Waals surface area contributed by atoms with E-state index < -0.39 is 0 Å². The molecule has 7 heteroatoms. The van der Waals surface area contributed by atoms with Gasteiger partial charge in [0.15, 0.2) is 5.65 Å². The van der Waals surface area contributed by atoms with Gasteiger partial charge in [-0.1, -0.05) is 35.9 Å². The van der Waals surface area contributed by atoms with Crippen molar-refractivity contribution in [2.45, 2.75) is 26.3 Å². The molecule has 0 bridgehead atoms. The number of pyridine rings is 1. The summed E-state index contributed by atoms with van der Waals surface area (Å²) in [5.74, 6) is 0.463. The summed E-state index contributed by atoms with van der Waals surface area (Å²) < 4.78 is 1.91. The zero-order valence-electron chi connectivity index (χ0n) is 15.8. The fourth-order valence-electron chi connectivity index (χ4n) is 3.52. The number of nitrogens with one attached hydrogen (secondary N) is 1. The first kappa shape index (κ1) is 18.2. The molecule has 1 aliphatic heterocycles. The van der Waals surface area contributed by atoms with Crippen LogP contribution < -0.4 is 5.32 Å². The summed E-state index contributed by atoms with van der Waals surface area (Å²) in [6.07, 6.45) is 2.77. The molecule has 0 aliphatic carbocycles. The summed E-state index contributed by atoms with van der Waals surface area (Å²) in [6.45, 7) is 3.52. The molecular weight excluding hydrogens is 354 g/mol. The third kappa shape index (κ3) is 3.88. The molecule has 7 nitrogen and oxygen atoms in total. The SMILES string of the molecule is Cc1ccc(CN2CC(C(=O)NCCc3nnc4ccccn34)CC2=O)cc1. The summed E-state index contributed by atoms with van der Waals surface area (Å²) in [5.41, 5.74) is 3.06. The van der Waals surface area contributed by atoms with E-state index in [2.05, 4.69) is 15.5 Å². The van der Waals surface area contributed by atoms with Crippen LogP contribution in [0, 0.1) is 12.8 Å². The Morgan fingerprint density at radius 1 is 1.18 bits per heavy atom. The number of nitrogens with zero attached hydrogens (tertiary/aromatic N) is 4. The van der Waals surface area contributed by atoms with Crippen LogP contribution in [0.25, 0.3) is 5.65 Å². The summed E-state index contributed by atoms with van der Waals surface area (Å²) >= 11 is 0. The van der Waals surface area contributed by atoms with Gasteiger partial charge in [-0.25, -0.2) is 0 Å². The van der Waals surface area contributed by atoms with E-state index in [0.717, 1.165) is 17.0 Å². The van der Waals surface area contributed by atoms with Crippen LogP contribution >= 0.6 is 0 Å². The van der Waals surface area contributed by atoms with Crippen molar-refractivity contribution in [2.24, 2.45) is 5.92 Å². The van der Waals surface area contributed by atoms with Gasteiger partial charge >= 0.3 is 0 Å². The van der Waals surface area contributed by atoms with Crippen molar-refractivity contribution in [1.82, 2.24) is 24.8 Å². The highest BCUT2D eigenvalue weighted by atomic mass is 16.2. The Bertz CT molecular complexity index is 995. The van der Waals surface area contributed by atoms with E-state index in [9.17, 15) is 9.59 Å². The molecule has 1 unspecified atom stereocenters. The lowest BCUT2D eigenvalue weighted by Crippen LogP contribution is -2.34. The molecule has 28 heavy (non-hydrogen) atoms. The van der Waals surface area contributed by atoms with Crippen molar-refractivity contribution in [3.05, 3.63) is 65.6 Å². The number of hydrogen-bond donors (Lipinski definition) is 1. The molecule has 144 valence electrons. The quantitative estimate of drug-likeness (QED) is 0.710. The molecule has 1 saturated heterocycles. The van der Waals surface area contributed by atoms with Crippen molar-refractivity contribution in [3.63, 3.8) is 0 Å². The van der Waals surface area contributed by atoms with E-state index >= 15 is 0 Å². The monoisotopic (exact) mass is 377 g/mol. The molecule has 0 saturated carbocycles. The molecule has 0 spiro atoms. The Morgan fingerprint density at radius 2 is 2.00 bits per heavy atom. The van der Waals surface area contributed by atoms with E-state index in [4.69, 9.17) is 0 Å². The van der Waals surface area contributed by atoms with Gasteiger partial charge in [-0.3, -0.25) is 14.0 Å². The van der Waals surface area contributed by atoms with E-state index in [0.29, 0.717) is 26.1 Å². The normalized spacial score (nSPS) is 16.7. The minimum absolute atomic E-state index is 0.0316. The second kappa shape index (κ2) is 7.80. The maximum absolute atomic E-state index is 12.5. The molecule has 2 aromatic heterocycles. The van der Waals surface area contributed by atoms with Gasteiger partial charge in [-0.05, 0) is 24.6 Å². The van der Waals surface area contributed by atoms with Crippen molar-refractivity contribution < 1.29 is 9.59 Å². The molecule has 0 radical (unpaired) electrons. The number of benzene rings is 1. The fourth-order valence-corrected chi connectivity index (χ4v) is 3.52. The van der Waals surface area contributed by atoms with Gasteiger partial charge in [-0.15, -0.1) is 10.2 Å². The smallest absolute Gasteiger partial charge is 0.225 e. The predicted molar refractivity (Wildman–Crippen MR) is 104 cm³/mol. The summed E-state index contributed by atoms with van der Waals surface area (Å²) in [6, 6.07) is 13.8. The highest BCUT2D eigenvalue weighted by Crippen LogP contribution is 2.20. The number of carbonyl (C=O) groups is 2. The highest BCUT2D eigenvalue weighted by molar-refractivity contribution is 5.89. The molecule has 1 fully saturated rings. The molecule has 3 heterocycles. The Kier molecular flexibility index (Phi) is 5.06. The standard InChI is InChI=1S/C21H23N5O2/c1-15-5-7-16(8-6-15)13-25-14-17(12-20(25)27)21(28)22-10-9-19-24-23-18-4-2-3-11-26(18)19/h2-8,11,17H,9-10,12-14H2,1H3,(H,22,28). The second-order valence-corrected chi connectivity index (χ2v) is 7.25. The van der Waals surface area contributed by atoms with E-state index in [1.807, 2.05) is 60.0 Å². The van der Waals surface area contributed by atoms with Crippen LogP contribution in [-0.2, 0) is 22.6 Å². The van der Waals surface area contributed by atoms with Crippen molar-refractivity contribution in [3.8, 4) is 0 Å². The van der Waals surface area contributed by atoms with Crippen molar-refractivity contribution in [2.75, 3.05) is 13.1 Å². The minimum atomic E-state index is -0.298. The van der Waals surface area contributed by atoms with Gasteiger partial charge in [0.25, 0.3) is 0 Å². The first-order chi connectivity index (χ1) is 13.6. The first-order valence-electron chi connectivity index (χ1n) is 9.50. The third-order valence-electron chi connectivity index (χ3n) is 5.11. The van der Waals surface area contributed by atoms with E-state index in [1.165, 1.54) is 5.56 Å². The van der Waals surface area contributed by atoms with Gasteiger partial charge in [0, 0.05) is 38.7 Å². The third-order valence-corrected chi connectivity index (χ3v) is 5.11. The van der Waals surface area contributed by atoms with Gasteiger partial charge in [0.1, 0.15) is 5.82 Å². The van der Waals surface area contributed by atoms with Crippen LogP contribution in [0.3, 0.4) is 0 Å². The topological polar surface area (TPSA) is 79.6 Å². The molecule has 1 aromatic carbocycles. The number of aromatic nitrogens is 3. The van der Waals surface area contributed by atoms with Gasteiger partial charge in [0.05, 0.1) is 5.92 Å². The zero-order chi connectivity index (χ0) is 19.5. The Balaban J connectivity index is 1.29. The molecular formula is C21H23N5O2. The largest absolute Gasteiger partial charge is 0.355 e. The number of amides is 2. The van der Waals surface area contributed by atoms with E-state index in [-0.39, 0.29) is 24.2 Å². The van der Waals surface area contributed by atoms with Gasteiger partial charge in [0.2, 0.25) is 11.8 Å². The van der Waals surface area contributed by atoms with Crippen LogP contribution in [0.15, 0.2) is 48.7 Å². The number of rotatable bonds is 6. The Hall–Kier alpha value is -3.22.